The van der Waals surface area contributed by atoms with Crippen LogP contribution in [0.3, 0.4) is 0 Å². The molecule has 4 aromatic rings. The summed E-state index contributed by atoms with van der Waals surface area (Å²) in [4.78, 5) is 4.16. The summed E-state index contributed by atoms with van der Waals surface area (Å²) in [7, 11) is -4.06. The van der Waals surface area contributed by atoms with Gasteiger partial charge in [0.25, 0.3) is 15.1 Å². The molecule has 0 radical (unpaired) electrons. The maximum atomic E-state index is 11.4. The monoisotopic (exact) mass is 588 g/mol. The van der Waals surface area contributed by atoms with Gasteiger partial charge in [-0.2, -0.15) is 13.0 Å². The molecule has 1 aromatic heterocycles. The van der Waals surface area contributed by atoms with Gasteiger partial charge in [0.2, 0.25) is 5.52 Å². The molecule has 0 fully saturated rings. The molecule has 0 unspecified atom stereocenters. The fourth-order valence-electron chi connectivity index (χ4n) is 5.03. The van der Waals surface area contributed by atoms with Gasteiger partial charge in [0.15, 0.2) is 0 Å². The topological polar surface area (TPSA) is 64.7 Å². The lowest BCUT2D eigenvalue weighted by molar-refractivity contribution is -0.664. The Kier molecular flexibility index (Phi) is 7.71. The van der Waals surface area contributed by atoms with Crippen molar-refractivity contribution in [2.24, 2.45) is 0 Å². The van der Waals surface area contributed by atoms with E-state index in [0.717, 1.165) is 28.7 Å². The number of hydrogen-bond donors (Lipinski definition) is 1. The van der Waals surface area contributed by atoms with Gasteiger partial charge >= 0.3 is 0 Å². The predicted octanol–water partition coefficient (Wildman–Crippen LogP) is 7.15. The molecule has 0 spiro atoms. The SMILES string of the molecule is CCN1/C(=C\C=C\c2sc3ccc4ccccc4c3[n+]2CC)N(CCCS(=O)(=O)O)c2cc(Cl)c(Cl)cc21. The van der Waals surface area contributed by atoms with Crippen LogP contribution in [0.15, 0.2) is 66.5 Å². The summed E-state index contributed by atoms with van der Waals surface area (Å²) in [6.07, 6.45) is 6.43. The van der Waals surface area contributed by atoms with Crippen LogP contribution < -0.4 is 14.4 Å². The molecule has 5 rings (SSSR count). The highest BCUT2D eigenvalue weighted by Gasteiger charge is 2.31. The molecule has 1 aliphatic heterocycles. The standard InChI is InChI=1S/C28H27Cl2N3O3S2/c1-3-31-23-17-21(29)22(30)18-24(23)33(15-8-16-38(34,35)36)26(31)11-7-12-27-32(4-2)28-20-10-6-5-9-19(20)13-14-25(28)37-27/h5-7,9-14,17-18H,3-4,8,15-16H2,1-2H3/p+1. The number of rotatable bonds is 8. The van der Waals surface area contributed by atoms with Crippen molar-refractivity contribution in [1.82, 2.24) is 0 Å². The first kappa shape index (κ1) is 27.0. The van der Waals surface area contributed by atoms with Crippen molar-refractivity contribution in [3.05, 3.63) is 81.6 Å². The number of benzene rings is 3. The molecule has 0 aliphatic carbocycles. The van der Waals surface area contributed by atoms with Gasteiger partial charge in [-0.05, 0) is 56.0 Å². The van der Waals surface area contributed by atoms with E-state index in [0.29, 0.717) is 23.1 Å². The fourth-order valence-corrected chi connectivity index (χ4v) is 7.00. The van der Waals surface area contributed by atoms with Crippen LogP contribution >= 0.6 is 34.5 Å². The summed E-state index contributed by atoms with van der Waals surface area (Å²) in [5, 5.41) is 4.49. The molecule has 0 atom stereocenters. The average Bonchev–Trinajstić information content (AvgIpc) is 3.38. The molecule has 198 valence electrons. The van der Waals surface area contributed by atoms with E-state index in [2.05, 4.69) is 58.9 Å². The first-order valence-corrected chi connectivity index (χ1v) is 15.6. The minimum absolute atomic E-state index is 0.260. The second kappa shape index (κ2) is 10.9. The first-order chi connectivity index (χ1) is 18.2. The minimum Gasteiger partial charge on any atom is -0.326 e. The van der Waals surface area contributed by atoms with Gasteiger partial charge in [0.1, 0.15) is 17.1 Å². The summed E-state index contributed by atoms with van der Waals surface area (Å²) in [6, 6.07) is 16.4. The van der Waals surface area contributed by atoms with Crippen molar-refractivity contribution >= 4 is 83.1 Å². The second-order valence-corrected chi connectivity index (χ2v) is 12.4. The Hall–Kier alpha value is -2.62. The fraction of sp³-hybridized carbons (Fsp3) is 0.250. The summed E-state index contributed by atoms with van der Waals surface area (Å²) in [5.74, 6) is 0.573. The number of nitrogens with zero attached hydrogens (tertiary/aromatic N) is 3. The number of hydrogen-bond acceptors (Lipinski definition) is 5. The third-order valence-corrected chi connectivity index (χ3v) is 9.31. The van der Waals surface area contributed by atoms with Crippen LogP contribution in [0.25, 0.3) is 27.1 Å². The molecule has 38 heavy (non-hydrogen) atoms. The normalized spacial score (nSPS) is 15.0. The van der Waals surface area contributed by atoms with Gasteiger partial charge in [0, 0.05) is 19.2 Å². The van der Waals surface area contributed by atoms with Gasteiger partial charge in [-0.25, -0.2) is 0 Å². The predicted molar refractivity (Wildman–Crippen MR) is 160 cm³/mol. The van der Waals surface area contributed by atoms with Gasteiger partial charge in [-0.15, -0.1) is 0 Å². The average molecular weight is 590 g/mol. The quantitative estimate of drug-likeness (QED) is 0.175. The Morgan fingerprint density at radius 2 is 1.74 bits per heavy atom. The molecular weight excluding hydrogens is 561 g/mol. The van der Waals surface area contributed by atoms with Crippen molar-refractivity contribution in [2.45, 2.75) is 26.8 Å². The first-order valence-electron chi connectivity index (χ1n) is 12.4. The Balaban J connectivity index is 1.54. The second-order valence-electron chi connectivity index (χ2n) is 8.99. The van der Waals surface area contributed by atoms with E-state index in [1.165, 1.54) is 21.0 Å². The van der Waals surface area contributed by atoms with Crippen LogP contribution in [-0.4, -0.2) is 31.8 Å². The molecule has 2 heterocycles. The molecular formula is C28H28Cl2N3O3S2+. The molecule has 0 saturated heterocycles. The van der Waals surface area contributed by atoms with Crippen molar-refractivity contribution in [3.8, 4) is 0 Å². The molecule has 6 nitrogen and oxygen atoms in total. The van der Waals surface area contributed by atoms with E-state index in [4.69, 9.17) is 23.2 Å². The van der Waals surface area contributed by atoms with Crippen LogP contribution in [0, 0.1) is 0 Å². The Labute approximate surface area is 236 Å². The van der Waals surface area contributed by atoms with E-state index >= 15 is 0 Å². The van der Waals surface area contributed by atoms with Gasteiger partial charge in [-0.3, -0.25) is 4.55 Å². The van der Waals surface area contributed by atoms with E-state index in [1.54, 1.807) is 11.3 Å². The number of aryl methyl sites for hydroxylation is 1. The number of anilines is 2. The van der Waals surface area contributed by atoms with Crippen LogP contribution in [0.2, 0.25) is 10.0 Å². The van der Waals surface area contributed by atoms with Crippen LogP contribution in [0.1, 0.15) is 25.3 Å². The van der Waals surface area contributed by atoms with Gasteiger partial charge in [-0.1, -0.05) is 64.9 Å². The van der Waals surface area contributed by atoms with Gasteiger partial charge < -0.3 is 9.80 Å². The third kappa shape index (κ3) is 5.16. The Morgan fingerprint density at radius 3 is 2.42 bits per heavy atom. The Morgan fingerprint density at radius 1 is 1.03 bits per heavy atom. The van der Waals surface area contributed by atoms with Crippen LogP contribution in [0.4, 0.5) is 11.4 Å². The molecule has 0 bridgehead atoms. The van der Waals surface area contributed by atoms with Crippen molar-refractivity contribution < 1.29 is 17.5 Å². The van der Waals surface area contributed by atoms with E-state index in [1.807, 2.05) is 36.1 Å². The maximum Gasteiger partial charge on any atom is 0.264 e. The maximum absolute atomic E-state index is 11.4. The minimum atomic E-state index is -4.06. The summed E-state index contributed by atoms with van der Waals surface area (Å²) in [6.45, 7) is 6.12. The molecule has 1 N–H and O–H groups in total. The number of aromatic nitrogens is 1. The summed E-state index contributed by atoms with van der Waals surface area (Å²) in [5.41, 5.74) is 3.00. The largest absolute Gasteiger partial charge is 0.326 e. The molecule has 10 heteroatoms. The number of allylic oxidation sites excluding steroid dienone is 2. The highest BCUT2D eigenvalue weighted by molar-refractivity contribution is 7.85. The lowest BCUT2D eigenvalue weighted by atomic mass is 10.1. The van der Waals surface area contributed by atoms with Crippen molar-refractivity contribution in [1.29, 1.82) is 0 Å². The molecule has 0 saturated carbocycles. The molecule has 1 aliphatic rings. The van der Waals surface area contributed by atoms with Crippen molar-refractivity contribution in [3.63, 3.8) is 0 Å². The number of halogens is 2. The van der Waals surface area contributed by atoms with Crippen LogP contribution in [-0.2, 0) is 16.7 Å². The zero-order valence-corrected chi connectivity index (χ0v) is 24.2. The highest BCUT2D eigenvalue weighted by atomic mass is 35.5. The zero-order chi connectivity index (χ0) is 27.0. The lowest BCUT2D eigenvalue weighted by Crippen LogP contribution is -2.33. The van der Waals surface area contributed by atoms with E-state index < -0.39 is 10.1 Å². The number of fused-ring (bicyclic) bond motifs is 4. The third-order valence-electron chi connectivity index (χ3n) is 6.67. The highest BCUT2D eigenvalue weighted by Crippen LogP contribution is 2.45. The molecule has 3 aromatic carbocycles. The smallest absolute Gasteiger partial charge is 0.264 e. The molecule has 0 amide bonds. The van der Waals surface area contributed by atoms with Crippen molar-refractivity contribution in [2.75, 3.05) is 28.6 Å². The Bertz CT molecular complexity index is 1700. The van der Waals surface area contributed by atoms with E-state index in [-0.39, 0.29) is 12.2 Å². The lowest BCUT2D eigenvalue weighted by Gasteiger charge is -2.24. The number of thiazole rings is 1. The zero-order valence-electron chi connectivity index (χ0n) is 21.1. The summed E-state index contributed by atoms with van der Waals surface area (Å²) >= 11 is 14.5. The summed E-state index contributed by atoms with van der Waals surface area (Å²) < 4.78 is 35.5. The van der Waals surface area contributed by atoms with Gasteiger partial charge in [0.05, 0.1) is 32.6 Å². The van der Waals surface area contributed by atoms with E-state index in [9.17, 15) is 13.0 Å². The van der Waals surface area contributed by atoms with Crippen LogP contribution in [0.5, 0.6) is 0 Å².